The van der Waals surface area contributed by atoms with E-state index in [1.807, 2.05) is 22.7 Å². The normalized spacial score (nSPS) is 22.2. The number of aromatic nitrogens is 2. The summed E-state index contributed by atoms with van der Waals surface area (Å²) in [4.78, 5) is 19.4. The first-order chi connectivity index (χ1) is 11.2. The Morgan fingerprint density at radius 1 is 1.52 bits per heavy atom. The van der Waals surface area contributed by atoms with Crippen LogP contribution >= 0.6 is 0 Å². The van der Waals surface area contributed by atoms with Crippen LogP contribution in [0.5, 0.6) is 0 Å². The number of hydrogen-bond donors (Lipinski definition) is 1. The van der Waals surface area contributed by atoms with Gasteiger partial charge >= 0.3 is 0 Å². The minimum absolute atomic E-state index is 0.0437. The van der Waals surface area contributed by atoms with Gasteiger partial charge in [0, 0.05) is 25.5 Å². The number of carbonyl (C=O) groups is 1. The van der Waals surface area contributed by atoms with Gasteiger partial charge in [0.1, 0.15) is 12.1 Å². The van der Waals surface area contributed by atoms with Crippen LogP contribution in [0.2, 0.25) is 0 Å². The van der Waals surface area contributed by atoms with Crippen molar-refractivity contribution in [1.82, 2.24) is 19.8 Å². The molecule has 2 aromatic rings. The Balaban J connectivity index is 1.59. The number of carbonyl (C=O) groups excluding carboxylic acids is 1. The van der Waals surface area contributed by atoms with Crippen LogP contribution in [0.4, 0.5) is 0 Å². The molecule has 2 aromatic heterocycles. The van der Waals surface area contributed by atoms with Crippen molar-refractivity contribution in [3.05, 3.63) is 42.4 Å². The molecule has 122 valence electrons. The van der Waals surface area contributed by atoms with Crippen LogP contribution in [0, 0.1) is 5.41 Å². The largest absolute Gasteiger partial charge is 0.472 e. The summed E-state index contributed by atoms with van der Waals surface area (Å²) in [5.41, 5.74) is 0.922. The summed E-state index contributed by atoms with van der Waals surface area (Å²) in [6.07, 6.45) is 10.2. The van der Waals surface area contributed by atoms with Gasteiger partial charge in [-0.25, -0.2) is 4.98 Å². The predicted octanol–water partition coefficient (Wildman–Crippen LogP) is 1.80. The maximum absolute atomic E-state index is 13.0. The van der Waals surface area contributed by atoms with E-state index >= 15 is 0 Å². The quantitative estimate of drug-likeness (QED) is 0.934. The fraction of sp³-hybridized carbons (Fsp3) is 0.529. The van der Waals surface area contributed by atoms with Gasteiger partial charge in [0.15, 0.2) is 0 Å². The lowest BCUT2D eigenvalue weighted by Gasteiger charge is -2.29. The van der Waals surface area contributed by atoms with Crippen molar-refractivity contribution in [3.63, 3.8) is 0 Å². The lowest BCUT2D eigenvalue weighted by Crippen LogP contribution is -2.39. The van der Waals surface area contributed by atoms with E-state index in [1.54, 1.807) is 18.5 Å². The maximum atomic E-state index is 13.0. The average Bonchev–Trinajstić information content (AvgIpc) is 2.98. The van der Waals surface area contributed by atoms with Gasteiger partial charge < -0.3 is 19.2 Å². The monoisotopic (exact) mass is 314 g/mol. The van der Waals surface area contributed by atoms with Crippen molar-refractivity contribution < 1.29 is 9.21 Å². The van der Waals surface area contributed by atoms with E-state index < -0.39 is 0 Å². The fourth-order valence-corrected chi connectivity index (χ4v) is 3.81. The van der Waals surface area contributed by atoms with Crippen LogP contribution in [0.1, 0.15) is 35.4 Å². The number of aryl methyl sites for hydroxylation is 1. The Kier molecular flexibility index (Phi) is 3.49. The van der Waals surface area contributed by atoms with Gasteiger partial charge in [0.25, 0.3) is 5.91 Å². The molecule has 1 N–H and O–H groups in total. The molecule has 1 saturated carbocycles. The molecule has 1 atom stereocenters. The highest BCUT2D eigenvalue weighted by atomic mass is 16.3. The van der Waals surface area contributed by atoms with Crippen LogP contribution in [0.3, 0.4) is 0 Å². The smallest absolute Gasteiger partial charge is 0.257 e. The number of hydrogen-bond acceptors (Lipinski definition) is 4. The van der Waals surface area contributed by atoms with Gasteiger partial charge in [-0.1, -0.05) is 0 Å². The Morgan fingerprint density at radius 2 is 2.35 bits per heavy atom. The van der Waals surface area contributed by atoms with Crippen molar-refractivity contribution >= 4 is 5.91 Å². The molecular weight excluding hydrogens is 292 g/mol. The minimum Gasteiger partial charge on any atom is -0.472 e. The summed E-state index contributed by atoms with van der Waals surface area (Å²) in [5.74, 6) is 0.958. The van der Waals surface area contributed by atoms with E-state index in [4.69, 9.17) is 4.42 Å². The summed E-state index contributed by atoms with van der Waals surface area (Å²) in [5, 5.41) is 3.42. The number of amides is 1. The second kappa shape index (κ2) is 5.53. The molecule has 0 radical (unpaired) electrons. The molecule has 1 saturated heterocycles. The van der Waals surface area contributed by atoms with Gasteiger partial charge in [-0.2, -0.15) is 0 Å². The van der Waals surface area contributed by atoms with Crippen molar-refractivity contribution in [2.45, 2.75) is 31.8 Å². The molecule has 1 spiro atoms. The lowest BCUT2D eigenvalue weighted by atomic mass is 9.93. The van der Waals surface area contributed by atoms with E-state index in [0.717, 1.165) is 38.2 Å². The maximum Gasteiger partial charge on any atom is 0.257 e. The molecular formula is C17H22N4O2. The summed E-state index contributed by atoms with van der Waals surface area (Å²) in [6.45, 7) is 2.65. The lowest BCUT2D eigenvalue weighted by molar-refractivity contribution is 0.0684. The molecule has 3 heterocycles. The number of imidazole rings is 1. The third-order valence-corrected chi connectivity index (χ3v) is 5.38. The van der Waals surface area contributed by atoms with Crippen molar-refractivity contribution in [3.8, 4) is 0 Å². The molecule has 0 bridgehead atoms. The third-order valence-electron chi connectivity index (χ3n) is 5.38. The molecule has 1 unspecified atom stereocenters. The molecule has 6 nitrogen and oxygen atoms in total. The van der Waals surface area contributed by atoms with E-state index in [0.29, 0.717) is 23.6 Å². The molecule has 6 heteroatoms. The van der Waals surface area contributed by atoms with E-state index in [2.05, 4.69) is 10.3 Å². The number of furan rings is 1. The van der Waals surface area contributed by atoms with Crippen molar-refractivity contribution in [2.75, 3.05) is 13.1 Å². The topological polar surface area (TPSA) is 63.3 Å². The average molecular weight is 314 g/mol. The number of piperidine rings is 1. The number of nitrogens with zero attached hydrogens (tertiary/aromatic N) is 3. The van der Waals surface area contributed by atoms with Crippen molar-refractivity contribution in [2.24, 2.45) is 12.5 Å². The molecule has 4 rings (SSSR count). The van der Waals surface area contributed by atoms with Gasteiger partial charge in [-0.15, -0.1) is 0 Å². The first-order valence-electron chi connectivity index (χ1n) is 8.20. The predicted molar refractivity (Wildman–Crippen MR) is 84.7 cm³/mol. The van der Waals surface area contributed by atoms with Crippen molar-refractivity contribution in [1.29, 1.82) is 0 Å². The number of rotatable bonds is 4. The summed E-state index contributed by atoms with van der Waals surface area (Å²) >= 11 is 0. The summed E-state index contributed by atoms with van der Waals surface area (Å²) in [6, 6.07) is 2.05. The highest BCUT2D eigenvalue weighted by Crippen LogP contribution is 2.56. The molecule has 1 aliphatic carbocycles. The third kappa shape index (κ3) is 2.57. The minimum atomic E-state index is 0.0437. The highest BCUT2D eigenvalue weighted by Gasteiger charge is 2.58. The van der Waals surface area contributed by atoms with Gasteiger partial charge in [0.2, 0.25) is 0 Å². The van der Waals surface area contributed by atoms with E-state index in [-0.39, 0.29) is 5.91 Å². The Bertz CT molecular complexity index is 685. The van der Waals surface area contributed by atoms with Gasteiger partial charge in [-0.05, 0) is 43.8 Å². The molecule has 1 aliphatic heterocycles. The first-order valence-corrected chi connectivity index (χ1v) is 8.20. The zero-order valence-corrected chi connectivity index (χ0v) is 13.4. The van der Waals surface area contributed by atoms with E-state index in [9.17, 15) is 4.79 Å². The van der Waals surface area contributed by atoms with E-state index in [1.165, 1.54) is 6.26 Å². The van der Waals surface area contributed by atoms with Gasteiger partial charge in [0.05, 0.1) is 18.4 Å². The van der Waals surface area contributed by atoms with Crippen LogP contribution in [-0.4, -0.2) is 39.5 Å². The summed E-state index contributed by atoms with van der Waals surface area (Å²) in [7, 11) is 1.97. The van der Waals surface area contributed by atoms with Crippen LogP contribution in [0.15, 0.2) is 35.4 Å². The Morgan fingerprint density at radius 3 is 3.00 bits per heavy atom. The van der Waals surface area contributed by atoms with Crippen LogP contribution in [-0.2, 0) is 13.6 Å². The SMILES string of the molecule is Cn1ccnc1CN(C(=O)c1ccoc1)C1CC12CCNCC2. The first kappa shape index (κ1) is 14.5. The molecule has 2 fully saturated rings. The molecule has 2 aliphatic rings. The summed E-state index contributed by atoms with van der Waals surface area (Å²) < 4.78 is 7.08. The van der Waals surface area contributed by atoms with Crippen LogP contribution in [0.25, 0.3) is 0 Å². The molecule has 1 amide bonds. The Labute approximate surface area is 135 Å². The standard InChI is InChI=1S/C17H22N4O2/c1-20-8-7-19-15(20)11-21(16(22)13-2-9-23-12-13)14-10-17(14)3-5-18-6-4-17/h2,7-9,12,14,18H,3-6,10-11H2,1H3. The highest BCUT2D eigenvalue weighted by molar-refractivity contribution is 5.94. The molecule has 23 heavy (non-hydrogen) atoms. The zero-order valence-electron chi connectivity index (χ0n) is 13.4. The number of nitrogens with one attached hydrogen (secondary N) is 1. The second-order valence-corrected chi connectivity index (χ2v) is 6.73. The fourth-order valence-electron chi connectivity index (χ4n) is 3.81. The van der Waals surface area contributed by atoms with Crippen LogP contribution < -0.4 is 5.32 Å². The van der Waals surface area contributed by atoms with Gasteiger partial charge in [-0.3, -0.25) is 4.79 Å². The Hall–Kier alpha value is -2.08. The second-order valence-electron chi connectivity index (χ2n) is 6.73. The zero-order chi connectivity index (χ0) is 15.9. The molecule has 0 aromatic carbocycles.